The first-order valence-electron chi connectivity index (χ1n) is 7.81. The normalized spacial score (nSPS) is 15.9. The molecule has 0 bridgehead atoms. The molecule has 1 amide bonds. The lowest BCUT2D eigenvalue weighted by Crippen LogP contribution is -2.48. The van der Waals surface area contributed by atoms with Crippen molar-refractivity contribution in [1.29, 1.82) is 0 Å². The Morgan fingerprint density at radius 3 is 2.43 bits per heavy atom. The molecule has 1 fully saturated rings. The Morgan fingerprint density at radius 2 is 1.74 bits per heavy atom. The zero-order valence-corrected chi connectivity index (χ0v) is 13.0. The molecule has 1 aromatic heterocycles. The second-order valence-corrected chi connectivity index (χ2v) is 5.53. The van der Waals surface area contributed by atoms with Crippen molar-refractivity contribution in [2.45, 2.75) is 0 Å². The third kappa shape index (κ3) is 4.23. The van der Waals surface area contributed by atoms with Crippen molar-refractivity contribution >= 4 is 12.0 Å². The van der Waals surface area contributed by atoms with Gasteiger partial charge in [-0.05, 0) is 5.56 Å². The Labute approximate surface area is 136 Å². The van der Waals surface area contributed by atoms with Gasteiger partial charge in [0.15, 0.2) is 0 Å². The standard InChI is InChI=1S/C18H20N4O/c23-18(17-13-19-15-20-14-17)22-11-9-21(10-12-22)8-4-7-16-5-2-1-3-6-16/h1-7,13-15H,8-12H2/b7-4+. The molecule has 3 rings (SSSR count). The number of hydrogen-bond acceptors (Lipinski definition) is 4. The molecular weight excluding hydrogens is 288 g/mol. The number of carbonyl (C=O) groups is 1. The van der Waals surface area contributed by atoms with Crippen molar-refractivity contribution in [3.05, 3.63) is 66.3 Å². The van der Waals surface area contributed by atoms with Gasteiger partial charge in [-0.3, -0.25) is 9.69 Å². The lowest BCUT2D eigenvalue weighted by molar-refractivity contribution is 0.0649. The Kier molecular flexibility index (Phi) is 5.11. The molecule has 23 heavy (non-hydrogen) atoms. The number of amides is 1. The van der Waals surface area contributed by atoms with Gasteiger partial charge in [0.2, 0.25) is 0 Å². The third-order valence-electron chi connectivity index (χ3n) is 3.94. The van der Waals surface area contributed by atoms with Crippen molar-refractivity contribution in [2.24, 2.45) is 0 Å². The van der Waals surface area contributed by atoms with Gasteiger partial charge in [-0.15, -0.1) is 0 Å². The van der Waals surface area contributed by atoms with Crippen LogP contribution < -0.4 is 0 Å². The average molecular weight is 308 g/mol. The number of benzene rings is 1. The molecule has 0 saturated carbocycles. The molecule has 1 aliphatic heterocycles. The van der Waals surface area contributed by atoms with Crippen LogP contribution in [-0.4, -0.2) is 58.4 Å². The Morgan fingerprint density at radius 1 is 1.04 bits per heavy atom. The van der Waals surface area contributed by atoms with Gasteiger partial charge in [-0.25, -0.2) is 9.97 Å². The maximum absolute atomic E-state index is 12.3. The van der Waals surface area contributed by atoms with E-state index in [1.54, 1.807) is 12.4 Å². The highest BCUT2D eigenvalue weighted by atomic mass is 16.2. The fraction of sp³-hybridized carbons (Fsp3) is 0.278. The van der Waals surface area contributed by atoms with Crippen LogP contribution in [0.5, 0.6) is 0 Å². The quantitative estimate of drug-likeness (QED) is 0.866. The highest BCUT2D eigenvalue weighted by molar-refractivity contribution is 5.93. The smallest absolute Gasteiger partial charge is 0.257 e. The molecule has 0 unspecified atom stereocenters. The maximum Gasteiger partial charge on any atom is 0.257 e. The Balaban J connectivity index is 1.47. The summed E-state index contributed by atoms with van der Waals surface area (Å²) in [6.07, 6.45) is 8.90. The zero-order valence-electron chi connectivity index (χ0n) is 13.0. The molecule has 2 heterocycles. The number of nitrogens with zero attached hydrogens (tertiary/aromatic N) is 4. The summed E-state index contributed by atoms with van der Waals surface area (Å²) in [5.41, 5.74) is 1.77. The van der Waals surface area contributed by atoms with Crippen LogP contribution in [-0.2, 0) is 0 Å². The van der Waals surface area contributed by atoms with E-state index in [9.17, 15) is 4.79 Å². The van der Waals surface area contributed by atoms with Gasteiger partial charge in [0.05, 0.1) is 5.56 Å². The molecule has 0 aliphatic carbocycles. The number of hydrogen-bond donors (Lipinski definition) is 0. The summed E-state index contributed by atoms with van der Waals surface area (Å²) >= 11 is 0. The fourth-order valence-corrected chi connectivity index (χ4v) is 2.63. The van der Waals surface area contributed by atoms with E-state index in [0.717, 1.165) is 32.7 Å². The third-order valence-corrected chi connectivity index (χ3v) is 3.94. The molecule has 5 nitrogen and oxygen atoms in total. The van der Waals surface area contributed by atoms with E-state index >= 15 is 0 Å². The van der Waals surface area contributed by atoms with Gasteiger partial charge in [-0.1, -0.05) is 42.5 Å². The first-order chi connectivity index (χ1) is 11.3. The van der Waals surface area contributed by atoms with Crippen LogP contribution in [0.25, 0.3) is 6.08 Å². The molecule has 5 heteroatoms. The van der Waals surface area contributed by atoms with E-state index in [1.165, 1.54) is 11.9 Å². The predicted molar refractivity (Wildman–Crippen MR) is 89.9 cm³/mol. The predicted octanol–water partition coefficient (Wildman–Crippen LogP) is 1.95. The van der Waals surface area contributed by atoms with Gasteiger partial charge >= 0.3 is 0 Å². The molecule has 0 N–H and O–H groups in total. The van der Waals surface area contributed by atoms with Crippen LogP contribution >= 0.6 is 0 Å². The van der Waals surface area contributed by atoms with E-state index in [4.69, 9.17) is 0 Å². The molecule has 0 radical (unpaired) electrons. The average Bonchev–Trinajstić information content (AvgIpc) is 2.63. The van der Waals surface area contributed by atoms with Crippen molar-refractivity contribution in [1.82, 2.24) is 19.8 Å². The van der Waals surface area contributed by atoms with E-state index < -0.39 is 0 Å². The lowest BCUT2D eigenvalue weighted by atomic mass is 10.2. The minimum atomic E-state index is 0.0186. The van der Waals surface area contributed by atoms with Gasteiger partial charge in [-0.2, -0.15) is 0 Å². The van der Waals surface area contributed by atoms with Crippen molar-refractivity contribution < 1.29 is 4.79 Å². The van der Waals surface area contributed by atoms with Crippen LogP contribution in [0.15, 0.2) is 55.1 Å². The molecule has 0 spiro atoms. The minimum Gasteiger partial charge on any atom is -0.336 e. The molecule has 118 valence electrons. The second kappa shape index (κ2) is 7.65. The van der Waals surface area contributed by atoms with Crippen LogP contribution in [0, 0.1) is 0 Å². The summed E-state index contributed by atoms with van der Waals surface area (Å²) in [4.78, 5) is 24.4. The zero-order chi connectivity index (χ0) is 15.9. The molecular formula is C18H20N4O. The largest absolute Gasteiger partial charge is 0.336 e. The maximum atomic E-state index is 12.3. The highest BCUT2D eigenvalue weighted by Gasteiger charge is 2.21. The van der Waals surface area contributed by atoms with Gasteiger partial charge in [0, 0.05) is 45.1 Å². The topological polar surface area (TPSA) is 49.3 Å². The molecule has 0 atom stereocenters. The first-order valence-corrected chi connectivity index (χ1v) is 7.81. The summed E-state index contributed by atoms with van der Waals surface area (Å²) in [7, 11) is 0. The van der Waals surface area contributed by atoms with Crippen LogP contribution in [0.2, 0.25) is 0 Å². The van der Waals surface area contributed by atoms with E-state index in [1.807, 2.05) is 23.1 Å². The Bertz CT molecular complexity index is 649. The van der Waals surface area contributed by atoms with Gasteiger partial charge < -0.3 is 4.90 Å². The van der Waals surface area contributed by atoms with E-state index in [-0.39, 0.29) is 5.91 Å². The van der Waals surface area contributed by atoms with Crippen LogP contribution in [0.3, 0.4) is 0 Å². The van der Waals surface area contributed by atoms with Crippen molar-refractivity contribution in [2.75, 3.05) is 32.7 Å². The summed E-state index contributed by atoms with van der Waals surface area (Å²) in [5, 5.41) is 0. The van der Waals surface area contributed by atoms with Crippen molar-refractivity contribution in [3.8, 4) is 0 Å². The van der Waals surface area contributed by atoms with Crippen LogP contribution in [0.4, 0.5) is 0 Å². The van der Waals surface area contributed by atoms with Gasteiger partial charge in [0.25, 0.3) is 5.91 Å². The summed E-state index contributed by atoms with van der Waals surface area (Å²) in [6, 6.07) is 10.3. The lowest BCUT2D eigenvalue weighted by Gasteiger charge is -2.34. The minimum absolute atomic E-state index is 0.0186. The van der Waals surface area contributed by atoms with Crippen LogP contribution in [0.1, 0.15) is 15.9 Å². The number of piperazine rings is 1. The summed E-state index contributed by atoms with van der Waals surface area (Å²) in [5.74, 6) is 0.0186. The molecule has 2 aromatic rings. The fourth-order valence-electron chi connectivity index (χ4n) is 2.63. The molecule has 1 aliphatic rings. The molecule has 1 saturated heterocycles. The van der Waals surface area contributed by atoms with E-state index in [2.05, 4.69) is 39.2 Å². The van der Waals surface area contributed by atoms with Gasteiger partial charge in [0.1, 0.15) is 6.33 Å². The highest BCUT2D eigenvalue weighted by Crippen LogP contribution is 2.08. The number of carbonyl (C=O) groups excluding carboxylic acids is 1. The Hall–Kier alpha value is -2.53. The first kappa shape index (κ1) is 15.4. The second-order valence-electron chi connectivity index (χ2n) is 5.53. The summed E-state index contributed by atoms with van der Waals surface area (Å²) < 4.78 is 0. The number of aromatic nitrogens is 2. The van der Waals surface area contributed by atoms with E-state index in [0.29, 0.717) is 5.56 Å². The molecule has 1 aromatic carbocycles. The monoisotopic (exact) mass is 308 g/mol. The summed E-state index contributed by atoms with van der Waals surface area (Å²) in [6.45, 7) is 4.17. The number of rotatable bonds is 4. The van der Waals surface area contributed by atoms with Crippen molar-refractivity contribution in [3.63, 3.8) is 0 Å². The SMILES string of the molecule is O=C(c1cncnc1)N1CCN(C/C=C/c2ccccc2)CC1.